The standard InChI is InChI=1S/C7H17NO2/c1-2-4-8-7(6-10)3-5-9/h7-10H,2-6H2,1H3. The zero-order valence-corrected chi connectivity index (χ0v) is 6.51. The molecule has 0 amide bonds. The van der Waals surface area contributed by atoms with Gasteiger partial charge < -0.3 is 15.5 Å². The second kappa shape index (κ2) is 6.99. The molecule has 0 saturated carbocycles. The zero-order valence-electron chi connectivity index (χ0n) is 6.51. The lowest BCUT2D eigenvalue weighted by Gasteiger charge is -2.13. The van der Waals surface area contributed by atoms with E-state index in [0.717, 1.165) is 13.0 Å². The molecule has 0 aromatic carbocycles. The summed E-state index contributed by atoms with van der Waals surface area (Å²) in [5.74, 6) is 0. The highest BCUT2D eigenvalue weighted by molar-refractivity contribution is 4.63. The molecule has 0 aliphatic rings. The highest BCUT2D eigenvalue weighted by Crippen LogP contribution is 1.88. The van der Waals surface area contributed by atoms with Crippen LogP contribution in [0.4, 0.5) is 0 Å². The fraction of sp³-hybridized carbons (Fsp3) is 1.00. The van der Waals surface area contributed by atoms with Crippen LogP contribution in [0.15, 0.2) is 0 Å². The molecule has 0 spiro atoms. The summed E-state index contributed by atoms with van der Waals surface area (Å²) in [4.78, 5) is 0. The lowest BCUT2D eigenvalue weighted by atomic mass is 10.2. The number of nitrogens with one attached hydrogen (secondary N) is 1. The van der Waals surface area contributed by atoms with E-state index in [0.29, 0.717) is 6.42 Å². The van der Waals surface area contributed by atoms with Crippen molar-refractivity contribution in [3.8, 4) is 0 Å². The molecule has 0 saturated heterocycles. The molecule has 0 aliphatic heterocycles. The van der Waals surface area contributed by atoms with Gasteiger partial charge in [-0.05, 0) is 19.4 Å². The summed E-state index contributed by atoms with van der Waals surface area (Å²) < 4.78 is 0. The molecule has 0 aliphatic carbocycles. The minimum Gasteiger partial charge on any atom is -0.396 e. The smallest absolute Gasteiger partial charge is 0.0585 e. The summed E-state index contributed by atoms with van der Waals surface area (Å²) in [6.45, 7) is 3.23. The normalized spacial score (nSPS) is 13.5. The van der Waals surface area contributed by atoms with Crippen LogP contribution >= 0.6 is 0 Å². The number of aliphatic hydroxyl groups is 2. The summed E-state index contributed by atoms with van der Waals surface area (Å²) in [6, 6.07) is 0.0740. The minimum atomic E-state index is 0.0740. The van der Waals surface area contributed by atoms with E-state index in [9.17, 15) is 0 Å². The third-order valence-corrected chi connectivity index (χ3v) is 1.38. The Labute approximate surface area is 62.1 Å². The predicted molar refractivity (Wildman–Crippen MR) is 40.9 cm³/mol. The van der Waals surface area contributed by atoms with Gasteiger partial charge in [0.15, 0.2) is 0 Å². The van der Waals surface area contributed by atoms with Gasteiger partial charge >= 0.3 is 0 Å². The third kappa shape index (κ3) is 4.73. The third-order valence-electron chi connectivity index (χ3n) is 1.38. The van der Waals surface area contributed by atoms with Crippen LogP contribution in [-0.4, -0.2) is 36.0 Å². The van der Waals surface area contributed by atoms with E-state index in [1.54, 1.807) is 0 Å². The van der Waals surface area contributed by atoms with Crippen LogP contribution in [0, 0.1) is 0 Å². The van der Waals surface area contributed by atoms with Gasteiger partial charge in [0.05, 0.1) is 6.61 Å². The van der Waals surface area contributed by atoms with Crippen LogP contribution in [0.25, 0.3) is 0 Å². The van der Waals surface area contributed by atoms with Crippen LogP contribution in [0.1, 0.15) is 19.8 Å². The molecular formula is C7H17NO2. The Balaban J connectivity index is 3.21. The van der Waals surface area contributed by atoms with Crippen molar-refractivity contribution in [2.45, 2.75) is 25.8 Å². The van der Waals surface area contributed by atoms with Crippen LogP contribution in [0.2, 0.25) is 0 Å². The van der Waals surface area contributed by atoms with Gasteiger partial charge in [-0.25, -0.2) is 0 Å². The number of hydrogen-bond donors (Lipinski definition) is 3. The largest absolute Gasteiger partial charge is 0.396 e. The molecule has 3 N–H and O–H groups in total. The topological polar surface area (TPSA) is 52.5 Å². The summed E-state index contributed by atoms with van der Waals surface area (Å²) in [5.41, 5.74) is 0. The van der Waals surface area contributed by atoms with Crippen molar-refractivity contribution in [2.24, 2.45) is 0 Å². The molecule has 3 nitrogen and oxygen atoms in total. The Kier molecular flexibility index (Phi) is 6.91. The summed E-state index contributed by atoms with van der Waals surface area (Å²) >= 11 is 0. The first kappa shape index (κ1) is 9.88. The van der Waals surface area contributed by atoms with E-state index in [2.05, 4.69) is 12.2 Å². The van der Waals surface area contributed by atoms with E-state index >= 15 is 0 Å². The Bertz CT molecular complexity index is 68.6. The van der Waals surface area contributed by atoms with E-state index < -0.39 is 0 Å². The lowest BCUT2D eigenvalue weighted by Crippen LogP contribution is -2.33. The molecule has 1 atom stereocenters. The second-order valence-corrected chi connectivity index (χ2v) is 2.35. The first-order valence-corrected chi connectivity index (χ1v) is 3.80. The number of rotatable bonds is 6. The van der Waals surface area contributed by atoms with Gasteiger partial charge in [0.2, 0.25) is 0 Å². The Morgan fingerprint density at radius 1 is 1.40 bits per heavy atom. The van der Waals surface area contributed by atoms with Gasteiger partial charge in [0.1, 0.15) is 0 Å². The van der Waals surface area contributed by atoms with E-state index in [1.807, 2.05) is 0 Å². The molecule has 0 aromatic rings. The molecule has 0 radical (unpaired) electrons. The van der Waals surface area contributed by atoms with Gasteiger partial charge in [-0.3, -0.25) is 0 Å². The van der Waals surface area contributed by atoms with E-state index in [1.165, 1.54) is 0 Å². The molecule has 62 valence electrons. The monoisotopic (exact) mass is 147 g/mol. The second-order valence-electron chi connectivity index (χ2n) is 2.35. The summed E-state index contributed by atoms with van der Waals surface area (Å²) in [7, 11) is 0. The number of aliphatic hydroxyl groups excluding tert-OH is 2. The molecule has 0 rings (SSSR count). The van der Waals surface area contributed by atoms with Crippen molar-refractivity contribution in [2.75, 3.05) is 19.8 Å². The Morgan fingerprint density at radius 3 is 2.50 bits per heavy atom. The lowest BCUT2D eigenvalue weighted by molar-refractivity contribution is 0.201. The fourth-order valence-corrected chi connectivity index (χ4v) is 0.762. The average Bonchev–Trinajstić information content (AvgIpc) is 1.98. The maximum absolute atomic E-state index is 8.71. The molecular weight excluding hydrogens is 130 g/mol. The fourth-order valence-electron chi connectivity index (χ4n) is 0.762. The molecule has 1 unspecified atom stereocenters. The van der Waals surface area contributed by atoms with Crippen LogP contribution in [0.5, 0.6) is 0 Å². The maximum Gasteiger partial charge on any atom is 0.0585 e. The highest BCUT2D eigenvalue weighted by Gasteiger charge is 2.02. The first-order valence-electron chi connectivity index (χ1n) is 3.80. The van der Waals surface area contributed by atoms with Crippen molar-refractivity contribution < 1.29 is 10.2 Å². The van der Waals surface area contributed by atoms with Gasteiger partial charge in [-0.15, -0.1) is 0 Å². The average molecular weight is 147 g/mol. The minimum absolute atomic E-state index is 0.0740. The van der Waals surface area contributed by atoms with Crippen LogP contribution < -0.4 is 5.32 Å². The van der Waals surface area contributed by atoms with Crippen molar-refractivity contribution in [1.29, 1.82) is 0 Å². The Morgan fingerprint density at radius 2 is 2.10 bits per heavy atom. The predicted octanol–water partition coefficient (Wildman–Crippen LogP) is -0.271. The molecule has 0 heterocycles. The van der Waals surface area contributed by atoms with E-state index in [-0.39, 0.29) is 19.3 Å². The van der Waals surface area contributed by atoms with Crippen molar-refractivity contribution >= 4 is 0 Å². The zero-order chi connectivity index (χ0) is 7.82. The highest BCUT2D eigenvalue weighted by atomic mass is 16.3. The summed E-state index contributed by atoms with van der Waals surface area (Å²) in [5, 5.41) is 20.3. The SMILES string of the molecule is CCCNC(CO)CCO. The van der Waals surface area contributed by atoms with Crippen molar-refractivity contribution in [3.63, 3.8) is 0 Å². The first-order chi connectivity index (χ1) is 4.85. The van der Waals surface area contributed by atoms with Crippen molar-refractivity contribution in [3.05, 3.63) is 0 Å². The van der Waals surface area contributed by atoms with Gasteiger partial charge in [-0.2, -0.15) is 0 Å². The molecule has 0 bridgehead atoms. The summed E-state index contributed by atoms with van der Waals surface area (Å²) in [6.07, 6.45) is 1.69. The van der Waals surface area contributed by atoms with Gasteiger partial charge in [0, 0.05) is 12.6 Å². The molecule has 10 heavy (non-hydrogen) atoms. The van der Waals surface area contributed by atoms with E-state index in [4.69, 9.17) is 10.2 Å². The molecule has 0 aromatic heterocycles. The Hall–Kier alpha value is -0.120. The van der Waals surface area contributed by atoms with Crippen LogP contribution in [0.3, 0.4) is 0 Å². The molecule has 3 heteroatoms. The van der Waals surface area contributed by atoms with Gasteiger partial charge in [-0.1, -0.05) is 6.92 Å². The quantitative estimate of drug-likeness (QED) is 0.485. The molecule has 0 fully saturated rings. The number of hydrogen-bond acceptors (Lipinski definition) is 3. The van der Waals surface area contributed by atoms with Crippen LogP contribution in [-0.2, 0) is 0 Å². The van der Waals surface area contributed by atoms with Gasteiger partial charge in [0.25, 0.3) is 0 Å². The maximum atomic E-state index is 8.71. The van der Waals surface area contributed by atoms with Crippen molar-refractivity contribution in [1.82, 2.24) is 5.32 Å².